The van der Waals surface area contributed by atoms with Gasteiger partial charge in [0.2, 0.25) is 11.8 Å². The Kier molecular flexibility index (Phi) is 15.2. The average molecular weight is 580 g/mol. The zero-order valence-corrected chi connectivity index (χ0v) is 24.8. The molecule has 42 heavy (non-hydrogen) atoms. The first-order valence-corrected chi connectivity index (χ1v) is 14.7. The van der Waals surface area contributed by atoms with Crippen molar-refractivity contribution in [3.63, 3.8) is 0 Å². The number of aromatic nitrogens is 1. The highest BCUT2D eigenvalue weighted by atomic mass is 16.3. The Labute approximate surface area is 248 Å². The van der Waals surface area contributed by atoms with E-state index in [1.165, 1.54) is 13.1 Å². The summed E-state index contributed by atoms with van der Waals surface area (Å²) in [6, 6.07) is 11.4. The lowest BCUT2D eigenvalue weighted by molar-refractivity contribution is -0.127. The molecule has 2 rings (SSSR count). The summed E-state index contributed by atoms with van der Waals surface area (Å²) in [7, 11) is 0. The number of amides is 3. The number of nitrogens with one attached hydrogen (secondary N) is 3. The van der Waals surface area contributed by atoms with E-state index < -0.39 is 48.1 Å². The normalized spacial score (nSPS) is 14.6. The molecular formula is C32H45N5O5. The van der Waals surface area contributed by atoms with Gasteiger partial charge in [-0.05, 0) is 42.9 Å². The smallest absolute Gasteiger partial charge is 0.253 e. The van der Waals surface area contributed by atoms with Crippen molar-refractivity contribution in [1.82, 2.24) is 20.9 Å². The quantitative estimate of drug-likeness (QED) is 0.181. The predicted octanol–water partition coefficient (Wildman–Crippen LogP) is 3.04. The van der Waals surface area contributed by atoms with Crippen LogP contribution in [0.15, 0.2) is 54.9 Å². The van der Waals surface area contributed by atoms with Crippen molar-refractivity contribution in [2.24, 2.45) is 5.92 Å². The molecule has 5 N–H and O–H groups in total. The van der Waals surface area contributed by atoms with Crippen LogP contribution in [0.4, 0.5) is 0 Å². The number of carbonyl (C=O) groups is 3. The summed E-state index contributed by atoms with van der Waals surface area (Å²) >= 11 is 0. The van der Waals surface area contributed by atoms with Gasteiger partial charge in [0, 0.05) is 19.3 Å². The van der Waals surface area contributed by atoms with E-state index in [1.807, 2.05) is 36.4 Å². The molecule has 1 heterocycles. The highest BCUT2D eigenvalue weighted by molar-refractivity contribution is 5.97. The zero-order chi connectivity index (χ0) is 30.9. The Morgan fingerprint density at radius 3 is 2.12 bits per heavy atom. The summed E-state index contributed by atoms with van der Waals surface area (Å²) in [6.07, 6.45) is 5.05. The van der Waals surface area contributed by atoms with Gasteiger partial charge in [-0.25, -0.2) is 0 Å². The number of aliphatic hydroxyl groups excluding tert-OH is 2. The molecule has 5 atom stereocenters. The van der Waals surface area contributed by atoms with Gasteiger partial charge < -0.3 is 26.2 Å². The molecule has 1 aromatic heterocycles. The lowest BCUT2D eigenvalue weighted by Crippen LogP contribution is -2.59. The molecule has 0 saturated heterocycles. The number of hydrogen-bond donors (Lipinski definition) is 5. The summed E-state index contributed by atoms with van der Waals surface area (Å²) in [5, 5.41) is 39.7. The van der Waals surface area contributed by atoms with E-state index in [-0.39, 0.29) is 12.8 Å². The highest BCUT2D eigenvalue weighted by Gasteiger charge is 2.35. The highest BCUT2D eigenvalue weighted by Crippen LogP contribution is 2.21. The maximum Gasteiger partial charge on any atom is 0.253 e. The third-order valence-corrected chi connectivity index (χ3v) is 7.30. The van der Waals surface area contributed by atoms with Gasteiger partial charge in [0.05, 0.1) is 30.1 Å². The Hall–Kier alpha value is -3.81. The van der Waals surface area contributed by atoms with Crippen molar-refractivity contribution in [1.29, 1.82) is 5.26 Å². The van der Waals surface area contributed by atoms with Crippen LogP contribution in [-0.2, 0) is 16.0 Å². The summed E-state index contributed by atoms with van der Waals surface area (Å²) in [5.74, 6) is -0.993. The second kappa shape index (κ2) is 18.6. The molecule has 0 aliphatic heterocycles. The van der Waals surface area contributed by atoms with Crippen molar-refractivity contribution < 1.29 is 24.6 Å². The zero-order valence-electron chi connectivity index (χ0n) is 24.8. The van der Waals surface area contributed by atoms with Crippen molar-refractivity contribution in [3.8, 4) is 6.07 Å². The van der Waals surface area contributed by atoms with E-state index in [0.29, 0.717) is 17.9 Å². The number of rotatable bonds is 18. The third kappa shape index (κ3) is 11.6. The molecule has 3 amide bonds. The first-order chi connectivity index (χ1) is 20.2. The minimum atomic E-state index is -1.54. The van der Waals surface area contributed by atoms with E-state index in [0.717, 1.165) is 37.7 Å². The van der Waals surface area contributed by atoms with E-state index in [1.54, 1.807) is 18.3 Å². The lowest BCUT2D eigenvalue weighted by Gasteiger charge is -2.33. The molecule has 10 nitrogen and oxygen atoms in total. The number of nitrogens with zero attached hydrogens (tertiary/aromatic N) is 2. The van der Waals surface area contributed by atoms with E-state index >= 15 is 0 Å². The summed E-state index contributed by atoms with van der Waals surface area (Å²) in [5.41, 5.74) is 1.12. The average Bonchev–Trinajstić information content (AvgIpc) is 2.98. The van der Waals surface area contributed by atoms with Gasteiger partial charge in [-0.15, -0.1) is 0 Å². The number of aliphatic hydroxyl groups is 2. The lowest BCUT2D eigenvalue weighted by atomic mass is 9.90. The van der Waals surface area contributed by atoms with E-state index in [4.69, 9.17) is 0 Å². The Balaban J connectivity index is 2.33. The monoisotopic (exact) mass is 579 g/mol. The maximum absolute atomic E-state index is 13.8. The maximum atomic E-state index is 13.8. The SMILES string of the molecule is CCCC(CCC)CC[C@@H](NC(=O)c1cccnc1)C(=O)N[C@@H](Cc1ccccc1)[C@@H](O)[C@H](O)[C@@H](CC#N)NC(C)=O. The summed E-state index contributed by atoms with van der Waals surface area (Å²) in [6.45, 7) is 5.50. The molecule has 10 heteroatoms. The van der Waals surface area contributed by atoms with E-state index in [9.17, 15) is 29.9 Å². The van der Waals surface area contributed by atoms with Crippen molar-refractivity contribution >= 4 is 17.7 Å². The number of hydrogen-bond acceptors (Lipinski definition) is 7. The fourth-order valence-electron chi connectivity index (χ4n) is 5.16. The topological polar surface area (TPSA) is 164 Å². The molecular weight excluding hydrogens is 534 g/mol. The van der Waals surface area contributed by atoms with Crippen LogP contribution >= 0.6 is 0 Å². The fraction of sp³-hybridized carbons (Fsp3) is 0.531. The first-order valence-electron chi connectivity index (χ1n) is 14.7. The largest absolute Gasteiger partial charge is 0.388 e. The van der Waals surface area contributed by atoms with Crippen LogP contribution in [0.1, 0.15) is 81.6 Å². The molecule has 0 spiro atoms. The van der Waals surface area contributed by atoms with Crippen LogP contribution in [0.5, 0.6) is 0 Å². The predicted molar refractivity (Wildman–Crippen MR) is 160 cm³/mol. The van der Waals surface area contributed by atoms with Gasteiger partial charge in [-0.3, -0.25) is 19.4 Å². The Morgan fingerprint density at radius 2 is 1.55 bits per heavy atom. The number of benzene rings is 1. The minimum absolute atomic E-state index is 0.168. The standard InChI is InChI=1S/C32H45N5O5/c1-4-10-23(11-5-2)15-16-27(36-31(41)25-14-9-19-34-21-25)32(42)37-28(20-24-12-7-6-8-13-24)30(40)29(39)26(17-18-33)35-22(3)38/h6-9,12-14,19,21,23,26-30,39-40H,4-5,10-11,15-17,20H2,1-3H3,(H,35,38)(H,36,41)(H,37,42)/t26-,27-,28+,29-,30-/m1/s1. The number of carbonyl (C=O) groups excluding carboxylic acids is 3. The Morgan fingerprint density at radius 1 is 0.881 bits per heavy atom. The summed E-state index contributed by atoms with van der Waals surface area (Å²) in [4.78, 5) is 42.5. The van der Waals surface area contributed by atoms with Gasteiger partial charge in [0.15, 0.2) is 0 Å². The van der Waals surface area contributed by atoms with Crippen LogP contribution in [0, 0.1) is 17.2 Å². The molecule has 2 aromatic rings. The van der Waals surface area contributed by atoms with Crippen LogP contribution in [0.25, 0.3) is 0 Å². The molecule has 0 unspecified atom stereocenters. The van der Waals surface area contributed by atoms with Crippen molar-refractivity contribution in [2.45, 2.75) is 102 Å². The number of nitriles is 1. The second-order valence-corrected chi connectivity index (χ2v) is 10.7. The van der Waals surface area contributed by atoms with Gasteiger partial charge in [-0.1, -0.05) is 69.9 Å². The van der Waals surface area contributed by atoms with Crippen LogP contribution in [0.2, 0.25) is 0 Å². The third-order valence-electron chi connectivity index (χ3n) is 7.30. The van der Waals surface area contributed by atoms with Gasteiger partial charge in [0.1, 0.15) is 18.2 Å². The number of pyridine rings is 1. The van der Waals surface area contributed by atoms with Gasteiger partial charge in [0.25, 0.3) is 5.91 Å². The molecule has 0 aliphatic carbocycles. The molecule has 0 bridgehead atoms. The summed E-state index contributed by atoms with van der Waals surface area (Å²) < 4.78 is 0. The van der Waals surface area contributed by atoms with Gasteiger partial charge >= 0.3 is 0 Å². The minimum Gasteiger partial charge on any atom is -0.388 e. The van der Waals surface area contributed by atoms with Crippen molar-refractivity contribution in [2.75, 3.05) is 0 Å². The molecule has 228 valence electrons. The second-order valence-electron chi connectivity index (χ2n) is 10.7. The first kappa shape index (κ1) is 34.4. The molecule has 0 radical (unpaired) electrons. The van der Waals surface area contributed by atoms with Crippen molar-refractivity contribution in [3.05, 3.63) is 66.0 Å². The Bertz CT molecular complexity index is 1130. The molecule has 0 aliphatic rings. The fourth-order valence-corrected chi connectivity index (χ4v) is 5.16. The van der Waals surface area contributed by atoms with Crippen LogP contribution in [0.3, 0.4) is 0 Å². The van der Waals surface area contributed by atoms with Crippen LogP contribution in [-0.4, -0.2) is 63.3 Å². The van der Waals surface area contributed by atoms with E-state index in [2.05, 4.69) is 34.8 Å². The molecule has 0 fully saturated rings. The van der Waals surface area contributed by atoms with Crippen LogP contribution < -0.4 is 16.0 Å². The molecule has 0 saturated carbocycles. The van der Waals surface area contributed by atoms with Gasteiger partial charge in [-0.2, -0.15) is 5.26 Å². The molecule has 1 aromatic carbocycles.